The maximum absolute atomic E-state index is 12.8. The topological polar surface area (TPSA) is 289 Å². The third-order valence-electron chi connectivity index (χ3n) is 5.51. The smallest absolute Gasteiger partial charge is 0.326 e. The van der Waals surface area contributed by atoms with Crippen LogP contribution in [-0.2, 0) is 28.8 Å². The molecule has 0 saturated heterocycles. The molecule has 0 aromatic rings. The van der Waals surface area contributed by atoms with Gasteiger partial charge in [-0.15, -0.1) is 0 Å². The van der Waals surface area contributed by atoms with E-state index in [1.165, 1.54) is 0 Å². The summed E-state index contributed by atoms with van der Waals surface area (Å²) >= 11 is 3.99. The summed E-state index contributed by atoms with van der Waals surface area (Å²) in [5.74, 6) is -6.83. The summed E-state index contributed by atoms with van der Waals surface area (Å²) in [7, 11) is 0. The number of aliphatic hydroxyl groups excluding tert-OH is 1. The summed E-state index contributed by atoms with van der Waals surface area (Å²) in [4.78, 5) is 73.0. The number of nitrogens with one attached hydrogen (secondary N) is 4. The molecule has 0 aromatic heterocycles. The molecule has 13 N–H and O–H groups in total. The van der Waals surface area contributed by atoms with Gasteiger partial charge in [0.25, 0.3) is 0 Å². The van der Waals surface area contributed by atoms with Crippen molar-refractivity contribution < 1.29 is 44.1 Å². The van der Waals surface area contributed by atoms with E-state index in [1.54, 1.807) is 0 Å². The van der Waals surface area contributed by atoms with Gasteiger partial charge in [-0.2, -0.15) is 12.6 Å². The fraction of sp³-hybridized carbons (Fsp3) is 0.727. The van der Waals surface area contributed by atoms with Crippen molar-refractivity contribution in [1.82, 2.24) is 21.3 Å². The van der Waals surface area contributed by atoms with E-state index < -0.39 is 78.8 Å². The number of amides is 4. The van der Waals surface area contributed by atoms with Crippen LogP contribution in [0, 0.1) is 0 Å². The van der Waals surface area contributed by atoms with Gasteiger partial charge < -0.3 is 53.8 Å². The van der Waals surface area contributed by atoms with Crippen LogP contribution in [0.2, 0.25) is 0 Å². The van der Waals surface area contributed by atoms with Gasteiger partial charge in [0.05, 0.1) is 19.1 Å². The predicted octanol–water partition coefficient (Wildman–Crippen LogP) is -4.01. The number of carbonyl (C=O) groups is 6. The van der Waals surface area contributed by atoms with Gasteiger partial charge in [-0.05, 0) is 45.2 Å². The summed E-state index contributed by atoms with van der Waals surface area (Å²) < 4.78 is 0. The Morgan fingerprint density at radius 2 is 1.13 bits per heavy atom. The van der Waals surface area contributed by atoms with E-state index >= 15 is 0 Å². The van der Waals surface area contributed by atoms with Crippen LogP contribution in [0.3, 0.4) is 0 Å². The van der Waals surface area contributed by atoms with Gasteiger partial charge in [-0.1, -0.05) is 6.42 Å². The summed E-state index contributed by atoms with van der Waals surface area (Å²) in [5, 5.41) is 37.0. The average molecular weight is 580 g/mol. The number of carboxylic acids is 2. The van der Waals surface area contributed by atoms with Crippen LogP contribution < -0.4 is 38.5 Å². The quantitative estimate of drug-likeness (QED) is 0.0458. The maximum Gasteiger partial charge on any atom is 0.326 e. The number of rotatable bonds is 21. The highest BCUT2D eigenvalue weighted by Crippen LogP contribution is 2.04. The molecule has 0 bridgehead atoms. The molecule has 0 spiro atoms. The van der Waals surface area contributed by atoms with E-state index in [4.69, 9.17) is 17.2 Å². The van der Waals surface area contributed by atoms with Crippen molar-refractivity contribution >= 4 is 48.2 Å². The first-order valence-corrected chi connectivity index (χ1v) is 13.1. The zero-order valence-electron chi connectivity index (χ0n) is 21.6. The van der Waals surface area contributed by atoms with E-state index in [1.807, 2.05) is 0 Å². The molecule has 0 fully saturated rings. The van der Waals surface area contributed by atoms with Crippen LogP contribution in [0.1, 0.15) is 44.9 Å². The van der Waals surface area contributed by atoms with E-state index in [0.717, 1.165) is 0 Å². The van der Waals surface area contributed by atoms with Gasteiger partial charge in [0, 0.05) is 5.75 Å². The molecule has 0 rings (SSSR count). The number of aliphatic carboxylic acids is 2. The number of aliphatic hydroxyl groups is 1. The Morgan fingerprint density at radius 3 is 1.62 bits per heavy atom. The van der Waals surface area contributed by atoms with Gasteiger partial charge in [0.15, 0.2) is 0 Å². The highest BCUT2D eigenvalue weighted by molar-refractivity contribution is 7.80. The minimum atomic E-state index is -1.68. The lowest BCUT2D eigenvalue weighted by atomic mass is 10.1. The second-order valence-electron chi connectivity index (χ2n) is 8.72. The summed E-state index contributed by atoms with van der Waals surface area (Å²) in [6.07, 6.45) is 1.58. The Bertz CT molecular complexity index is 834. The Labute approximate surface area is 231 Å². The molecular formula is C22H41N7O9S. The van der Waals surface area contributed by atoms with Crippen molar-refractivity contribution in [2.24, 2.45) is 17.2 Å². The number of thiol groups is 1. The Kier molecular flexibility index (Phi) is 18.5. The molecule has 0 aliphatic heterocycles. The zero-order chi connectivity index (χ0) is 30.0. The maximum atomic E-state index is 12.8. The second kappa shape index (κ2) is 20.0. The predicted molar refractivity (Wildman–Crippen MR) is 142 cm³/mol. The third kappa shape index (κ3) is 14.7. The fourth-order valence-corrected chi connectivity index (χ4v) is 3.51. The lowest BCUT2D eigenvalue weighted by molar-refractivity contribution is -0.143. The first-order valence-electron chi connectivity index (χ1n) is 12.4. The van der Waals surface area contributed by atoms with Crippen molar-refractivity contribution in [3.05, 3.63) is 0 Å². The molecule has 4 amide bonds. The molecule has 0 aliphatic carbocycles. The second-order valence-corrected chi connectivity index (χ2v) is 9.09. The highest BCUT2D eigenvalue weighted by atomic mass is 32.1. The standard InChI is InChI=1S/C22H41N7O9S/c23-7-3-1-5-12(25)18(33)28-15(10-30)20(35)29-16(11-39)21(36)27-14(9-17(31)32)19(34)26-13(22(37)38)6-2-4-8-24/h12-16,30,39H,1-11,23-25H2,(H,26,34)(H,27,36)(H,28,33)(H,29,35)(H,31,32)(H,37,38)/t12-,13-,14-,15-,16-/m0/s1. The molecule has 0 saturated carbocycles. The lowest BCUT2D eigenvalue weighted by Gasteiger charge is -2.24. The molecule has 224 valence electrons. The van der Waals surface area contributed by atoms with Crippen LogP contribution >= 0.6 is 12.6 Å². The Balaban J connectivity index is 5.32. The molecule has 0 unspecified atom stereocenters. The molecular weight excluding hydrogens is 538 g/mol. The molecule has 0 aromatic carbocycles. The van der Waals surface area contributed by atoms with Gasteiger partial charge in [-0.3, -0.25) is 24.0 Å². The molecule has 39 heavy (non-hydrogen) atoms. The van der Waals surface area contributed by atoms with Crippen LogP contribution in [-0.4, -0.2) is 107 Å². The molecule has 5 atom stereocenters. The first kappa shape index (κ1) is 36.0. The van der Waals surface area contributed by atoms with Gasteiger partial charge in [0.1, 0.15) is 24.2 Å². The number of hydrogen-bond donors (Lipinski definition) is 11. The van der Waals surface area contributed by atoms with Crippen LogP contribution in [0.15, 0.2) is 0 Å². The number of carbonyl (C=O) groups excluding carboxylic acids is 4. The molecule has 0 heterocycles. The largest absolute Gasteiger partial charge is 0.481 e. The summed E-state index contributed by atoms with van der Waals surface area (Å²) in [6.45, 7) is -0.0802. The average Bonchev–Trinajstić information content (AvgIpc) is 2.88. The molecule has 16 nitrogen and oxygen atoms in total. The minimum Gasteiger partial charge on any atom is -0.481 e. The Hall–Kier alpha value is -2.99. The third-order valence-corrected chi connectivity index (χ3v) is 5.88. The van der Waals surface area contributed by atoms with Gasteiger partial charge in [-0.25, -0.2) is 4.79 Å². The zero-order valence-corrected chi connectivity index (χ0v) is 22.5. The monoisotopic (exact) mass is 579 g/mol. The van der Waals surface area contributed by atoms with E-state index in [0.29, 0.717) is 45.2 Å². The molecule has 17 heteroatoms. The number of nitrogens with two attached hydrogens (primary N) is 3. The highest BCUT2D eigenvalue weighted by Gasteiger charge is 2.32. The van der Waals surface area contributed by atoms with Crippen molar-refractivity contribution in [2.75, 3.05) is 25.4 Å². The normalized spacial score (nSPS) is 14.7. The van der Waals surface area contributed by atoms with E-state index in [9.17, 15) is 44.1 Å². The van der Waals surface area contributed by atoms with Crippen molar-refractivity contribution in [1.29, 1.82) is 0 Å². The number of carboxylic acid groups (broad SMARTS) is 2. The fourth-order valence-electron chi connectivity index (χ4n) is 3.26. The lowest BCUT2D eigenvalue weighted by Crippen LogP contribution is -2.59. The summed E-state index contributed by atoms with van der Waals surface area (Å²) in [5.41, 5.74) is 16.6. The SMILES string of the molecule is NCCCC[C@H](NC(=O)[C@H](CC(=O)O)NC(=O)[C@H](CS)NC(=O)[C@H](CO)NC(=O)[C@@H](N)CCCCN)C(=O)O. The van der Waals surface area contributed by atoms with Crippen LogP contribution in [0.5, 0.6) is 0 Å². The van der Waals surface area contributed by atoms with Gasteiger partial charge >= 0.3 is 11.9 Å². The minimum absolute atomic E-state index is 0.0340. The number of hydrogen-bond acceptors (Lipinski definition) is 11. The summed E-state index contributed by atoms with van der Waals surface area (Å²) in [6, 6.07) is -6.84. The molecule has 0 aliphatic rings. The van der Waals surface area contributed by atoms with Crippen molar-refractivity contribution in [3.8, 4) is 0 Å². The number of unbranched alkanes of at least 4 members (excludes halogenated alkanes) is 2. The van der Waals surface area contributed by atoms with E-state index in [2.05, 4.69) is 33.9 Å². The van der Waals surface area contributed by atoms with E-state index in [-0.39, 0.29) is 12.2 Å². The first-order chi connectivity index (χ1) is 18.4. The Morgan fingerprint density at radius 1 is 0.667 bits per heavy atom. The molecule has 0 radical (unpaired) electrons. The van der Waals surface area contributed by atoms with Gasteiger partial charge in [0.2, 0.25) is 23.6 Å². The van der Waals surface area contributed by atoms with Crippen molar-refractivity contribution in [2.45, 2.75) is 75.2 Å². The van der Waals surface area contributed by atoms with Crippen molar-refractivity contribution in [3.63, 3.8) is 0 Å². The van der Waals surface area contributed by atoms with Crippen LogP contribution in [0.25, 0.3) is 0 Å². The van der Waals surface area contributed by atoms with Crippen LogP contribution in [0.4, 0.5) is 0 Å².